The van der Waals surface area contributed by atoms with Gasteiger partial charge in [0.05, 0.1) is 0 Å². The Kier molecular flexibility index (Phi) is 5.79. The van der Waals surface area contributed by atoms with E-state index in [0.717, 1.165) is 19.5 Å². The molecule has 2 bridgehead atoms. The molecule has 2 aromatic carbocycles. The van der Waals surface area contributed by atoms with Crippen molar-refractivity contribution >= 4 is 12.4 Å². The SMILES string of the molecule is Cl.Oc1cccc(CCN2CC[C@]3(c4cccc(O)c4)CCC[C@H]2C3)c1. The molecule has 1 heterocycles. The van der Waals surface area contributed by atoms with Gasteiger partial charge in [0.15, 0.2) is 0 Å². The first-order chi connectivity index (χ1) is 12.1. The summed E-state index contributed by atoms with van der Waals surface area (Å²) in [4.78, 5) is 2.64. The zero-order valence-corrected chi connectivity index (χ0v) is 15.9. The van der Waals surface area contributed by atoms with Gasteiger partial charge in [0.25, 0.3) is 0 Å². The predicted molar refractivity (Wildman–Crippen MR) is 107 cm³/mol. The van der Waals surface area contributed by atoms with Gasteiger partial charge in [0.2, 0.25) is 0 Å². The lowest BCUT2D eigenvalue weighted by Gasteiger charge is -2.51. The van der Waals surface area contributed by atoms with Gasteiger partial charge in [0, 0.05) is 12.6 Å². The van der Waals surface area contributed by atoms with Gasteiger partial charge in [0.1, 0.15) is 11.5 Å². The zero-order chi connectivity index (χ0) is 17.3. The van der Waals surface area contributed by atoms with E-state index < -0.39 is 0 Å². The van der Waals surface area contributed by atoms with Crippen LogP contribution >= 0.6 is 12.4 Å². The summed E-state index contributed by atoms with van der Waals surface area (Å²) in [6.45, 7) is 2.18. The second-order valence-electron chi connectivity index (χ2n) is 7.79. The Bertz CT molecular complexity index is 750. The topological polar surface area (TPSA) is 43.7 Å². The smallest absolute Gasteiger partial charge is 0.115 e. The van der Waals surface area contributed by atoms with Crippen molar-refractivity contribution in [2.24, 2.45) is 0 Å². The van der Waals surface area contributed by atoms with Crippen molar-refractivity contribution in [3.63, 3.8) is 0 Å². The number of aromatic hydroxyl groups is 2. The maximum absolute atomic E-state index is 9.89. The van der Waals surface area contributed by atoms with Crippen molar-refractivity contribution in [1.82, 2.24) is 4.90 Å². The van der Waals surface area contributed by atoms with E-state index in [9.17, 15) is 10.2 Å². The van der Waals surface area contributed by atoms with Gasteiger partial charge < -0.3 is 10.2 Å². The molecule has 0 amide bonds. The van der Waals surface area contributed by atoms with Gasteiger partial charge in [-0.3, -0.25) is 4.90 Å². The van der Waals surface area contributed by atoms with Gasteiger partial charge in [-0.25, -0.2) is 0 Å². The molecule has 2 aliphatic rings. The summed E-state index contributed by atoms with van der Waals surface area (Å²) < 4.78 is 0. The summed E-state index contributed by atoms with van der Waals surface area (Å²) in [5.74, 6) is 0.747. The average Bonchev–Trinajstić information content (AvgIpc) is 2.61. The van der Waals surface area contributed by atoms with Gasteiger partial charge in [-0.1, -0.05) is 30.7 Å². The van der Waals surface area contributed by atoms with E-state index in [1.54, 1.807) is 12.1 Å². The second-order valence-corrected chi connectivity index (χ2v) is 7.79. The number of phenolic OH excluding ortho intramolecular Hbond substituents is 2. The lowest BCUT2D eigenvalue weighted by atomic mass is 9.63. The predicted octanol–water partition coefficient (Wildman–Crippen LogP) is 4.65. The highest BCUT2D eigenvalue weighted by Crippen LogP contribution is 2.47. The second kappa shape index (κ2) is 7.89. The molecule has 140 valence electrons. The van der Waals surface area contributed by atoms with E-state index in [2.05, 4.69) is 17.0 Å². The van der Waals surface area contributed by atoms with E-state index in [0.29, 0.717) is 17.5 Å². The molecule has 1 saturated heterocycles. The zero-order valence-electron chi connectivity index (χ0n) is 15.1. The van der Waals surface area contributed by atoms with Crippen LogP contribution in [0.4, 0.5) is 0 Å². The van der Waals surface area contributed by atoms with Crippen LogP contribution in [0.3, 0.4) is 0 Å². The number of piperidine rings is 1. The minimum Gasteiger partial charge on any atom is -0.508 e. The lowest BCUT2D eigenvalue weighted by Crippen LogP contribution is -2.52. The molecule has 2 fully saturated rings. The van der Waals surface area contributed by atoms with Crippen LogP contribution in [0.25, 0.3) is 0 Å². The fourth-order valence-corrected chi connectivity index (χ4v) is 4.93. The fourth-order valence-electron chi connectivity index (χ4n) is 4.93. The Morgan fingerprint density at radius 2 is 1.77 bits per heavy atom. The van der Waals surface area contributed by atoms with Crippen LogP contribution < -0.4 is 0 Å². The Hall–Kier alpha value is -1.71. The van der Waals surface area contributed by atoms with Crippen molar-refractivity contribution in [2.75, 3.05) is 13.1 Å². The molecule has 1 aliphatic carbocycles. The largest absolute Gasteiger partial charge is 0.508 e. The number of benzene rings is 2. The quantitative estimate of drug-likeness (QED) is 0.819. The molecule has 2 atom stereocenters. The molecular weight excluding hydrogens is 346 g/mol. The van der Waals surface area contributed by atoms with E-state index in [1.165, 1.54) is 43.2 Å². The van der Waals surface area contributed by atoms with E-state index >= 15 is 0 Å². The maximum atomic E-state index is 9.89. The Labute approximate surface area is 162 Å². The molecule has 26 heavy (non-hydrogen) atoms. The highest BCUT2D eigenvalue weighted by molar-refractivity contribution is 5.85. The van der Waals surface area contributed by atoms with Crippen LogP contribution in [0.15, 0.2) is 48.5 Å². The Balaban J connectivity index is 0.00000196. The van der Waals surface area contributed by atoms with Crippen LogP contribution in [-0.4, -0.2) is 34.2 Å². The number of fused-ring (bicyclic) bond motifs is 2. The van der Waals surface area contributed by atoms with Gasteiger partial charge in [-0.05, 0) is 79.5 Å². The monoisotopic (exact) mass is 373 g/mol. The molecule has 3 nitrogen and oxygen atoms in total. The third kappa shape index (κ3) is 3.84. The lowest BCUT2D eigenvalue weighted by molar-refractivity contribution is 0.0524. The summed E-state index contributed by atoms with van der Waals surface area (Å²) in [7, 11) is 0. The first kappa shape index (κ1) is 19.1. The molecule has 1 aliphatic heterocycles. The number of halogens is 1. The molecule has 4 rings (SSSR count). The summed E-state index contributed by atoms with van der Waals surface area (Å²) in [5, 5.41) is 19.5. The molecule has 0 unspecified atom stereocenters. The number of hydrogen-bond donors (Lipinski definition) is 2. The van der Waals surface area contributed by atoms with Crippen molar-refractivity contribution in [3.05, 3.63) is 59.7 Å². The minimum atomic E-state index is 0. The van der Waals surface area contributed by atoms with E-state index in [4.69, 9.17) is 0 Å². The first-order valence-electron chi connectivity index (χ1n) is 9.46. The van der Waals surface area contributed by atoms with Gasteiger partial charge in [-0.2, -0.15) is 0 Å². The maximum Gasteiger partial charge on any atom is 0.115 e. The van der Waals surface area contributed by atoms with Crippen LogP contribution in [-0.2, 0) is 11.8 Å². The van der Waals surface area contributed by atoms with Crippen molar-refractivity contribution < 1.29 is 10.2 Å². The number of hydrogen-bond acceptors (Lipinski definition) is 3. The van der Waals surface area contributed by atoms with Crippen LogP contribution in [0.1, 0.15) is 43.2 Å². The molecule has 2 N–H and O–H groups in total. The fraction of sp³-hybridized carbons (Fsp3) is 0.455. The van der Waals surface area contributed by atoms with Crippen molar-refractivity contribution in [2.45, 2.75) is 50.0 Å². The Morgan fingerprint density at radius 3 is 2.54 bits per heavy atom. The average molecular weight is 374 g/mol. The number of rotatable bonds is 4. The third-order valence-electron chi connectivity index (χ3n) is 6.27. The van der Waals surface area contributed by atoms with Gasteiger partial charge >= 0.3 is 0 Å². The molecule has 1 saturated carbocycles. The van der Waals surface area contributed by atoms with E-state index in [-0.39, 0.29) is 17.8 Å². The summed E-state index contributed by atoms with van der Waals surface area (Å²) in [6, 6.07) is 16.2. The van der Waals surface area contributed by atoms with Crippen molar-refractivity contribution in [3.8, 4) is 11.5 Å². The standard InChI is InChI=1S/C22H27NO2.ClH/c24-20-7-1-4-17(14-20)9-12-23-13-11-22(10-3-6-19(23)16-22)18-5-2-8-21(25)15-18;/h1-2,4-5,7-8,14-15,19,24-25H,3,6,9-13,16H2;1H/t19-,22+;/m0./s1. The molecule has 0 aromatic heterocycles. The first-order valence-corrected chi connectivity index (χ1v) is 9.46. The van der Waals surface area contributed by atoms with Crippen LogP contribution in [0, 0.1) is 0 Å². The van der Waals surface area contributed by atoms with E-state index in [1.807, 2.05) is 24.3 Å². The number of likely N-dealkylation sites (tertiary alicyclic amines) is 1. The highest BCUT2D eigenvalue weighted by Gasteiger charge is 2.43. The molecule has 4 heteroatoms. The van der Waals surface area contributed by atoms with Gasteiger partial charge in [-0.15, -0.1) is 12.4 Å². The van der Waals surface area contributed by atoms with Crippen molar-refractivity contribution in [1.29, 1.82) is 0 Å². The normalized spacial score (nSPS) is 25.5. The number of phenols is 2. The molecular formula is C22H28ClNO2. The summed E-state index contributed by atoms with van der Waals surface area (Å²) >= 11 is 0. The van der Waals surface area contributed by atoms with Crippen LogP contribution in [0.2, 0.25) is 0 Å². The summed E-state index contributed by atoms with van der Waals surface area (Å²) in [6.07, 6.45) is 7.16. The minimum absolute atomic E-state index is 0. The number of nitrogens with zero attached hydrogens (tertiary/aromatic N) is 1. The van der Waals surface area contributed by atoms with Crippen LogP contribution in [0.5, 0.6) is 11.5 Å². The third-order valence-corrected chi connectivity index (χ3v) is 6.27. The highest BCUT2D eigenvalue weighted by atomic mass is 35.5. The summed E-state index contributed by atoms with van der Waals surface area (Å²) in [5.41, 5.74) is 2.79. The Morgan fingerprint density at radius 1 is 1.00 bits per heavy atom. The molecule has 0 spiro atoms. The molecule has 0 radical (unpaired) electrons. The molecule has 2 aromatic rings.